The molecule has 0 fully saturated rings. The van der Waals surface area contributed by atoms with Crippen LogP contribution in [0.5, 0.6) is 0 Å². The third kappa shape index (κ3) is 3.97. The second-order valence-corrected chi connectivity index (χ2v) is 4.97. The van der Waals surface area contributed by atoms with Gasteiger partial charge in [0, 0.05) is 17.4 Å². The van der Waals surface area contributed by atoms with E-state index >= 15 is 0 Å². The first-order valence-corrected chi connectivity index (χ1v) is 6.16. The van der Waals surface area contributed by atoms with Crippen molar-refractivity contribution in [1.29, 1.82) is 0 Å². The number of rotatable bonds is 5. The maximum Gasteiger partial charge on any atom is 0.135 e. The lowest BCUT2D eigenvalue weighted by atomic mass is 10.0. The summed E-state index contributed by atoms with van der Waals surface area (Å²) in [4.78, 5) is 11.4. The number of hydrogen-bond acceptors (Lipinski definition) is 1. The van der Waals surface area contributed by atoms with Crippen molar-refractivity contribution in [3.8, 4) is 0 Å². The molecule has 0 aliphatic rings. The summed E-state index contributed by atoms with van der Waals surface area (Å²) in [5, 5.41) is 0.807. The molecule has 0 heterocycles. The minimum absolute atomic E-state index is 0.159. The summed E-state index contributed by atoms with van der Waals surface area (Å²) >= 11 is 5.95. The monoisotopic (exact) mass is 238 g/mol. The van der Waals surface area contributed by atoms with E-state index in [0.29, 0.717) is 12.2 Å². The van der Waals surface area contributed by atoms with Gasteiger partial charge in [-0.05, 0) is 37.0 Å². The fraction of sp³-hybridized carbons (Fsp3) is 0.500. The van der Waals surface area contributed by atoms with Crippen LogP contribution in [0.2, 0.25) is 5.02 Å². The first kappa shape index (κ1) is 13.2. The van der Waals surface area contributed by atoms with Crippen LogP contribution < -0.4 is 0 Å². The predicted molar refractivity (Wildman–Crippen MR) is 69.0 cm³/mol. The largest absolute Gasteiger partial charge is 0.299 e. The molecule has 0 saturated heterocycles. The second-order valence-electron chi connectivity index (χ2n) is 4.56. The average molecular weight is 239 g/mol. The Balaban J connectivity index is 2.43. The zero-order valence-electron chi connectivity index (χ0n) is 10.2. The molecule has 1 rings (SSSR count). The van der Waals surface area contributed by atoms with E-state index in [0.717, 1.165) is 23.4 Å². The van der Waals surface area contributed by atoms with Gasteiger partial charge in [-0.2, -0.15) is 0 Å². The van der Waals surface area contributed by atoms with Crippen LogP contribution in [0, 0.1) is 12.8 Å². The van der Waals surface area contributed by atoms with E-state index in [1.165, 1.54) is 5.56 Å². The Bertz CT molecular complexity index is 369. The standard InChI is InChI=1S/C14H19ClO/c1-10(2)14(16)6-4-5-12-7-8-13(15)11(3)9-12/h7-10H,4-6H2,1-3H3. The quantitative estimate of drug-likeness (QED) is 0.752. The maximum atomic E-state index is 11.4. The van der Waals surface area contributed by atoms with Crippen LogP contribution in [-0.2, 0) is 11.2 Å². The van der Waals surface area contributed by atoms with E-state index in [1.54, 1.807) is 0 Å². The maximum absolute atomic E-state index is 11.4. The molecule has 0 saturated carbocycles. The van der Waals surface area contributed by atoms with Gasteiger partial charge in [0.05, 0.1) is 0 Å². The van der Waals surface area contributed by atoms with Crippen LogP contribution in [0.3, 0.4) is 0 Å². The topological polar surface area (TPSA) is 17.1 Å². The third-order valence-electron chi connectivity index (χ3n) is 2.75. The van der Waals surface area contributed by atoms with E-state index in [4.69, 9.17) is 11.6 Å². The normalized spacial score (nSPS) is 10.8. The minimum Gasteiger partial charge on any atom is -0.299 e. The molecule has 1 aromatic carbocycles. The number of Topliss-reactive ketones (excluding diaryl/α,β-unsaturated/α-hetero) is 1. The number of carbonyl (C=O) groups excluding carboxylic acids is 1. The third-order valence-corrected chi connectivity index (χ3v) is 3.18. The number of benzene rings is 1. The lowest BCUT2D eigenvalue weighted by Gasteiger charge is -2.05. The molecule has 1 nitrogen and oxygen atoms in total. The highest BCUT2D eigenvalue weighted by Gasteiger charge is 2.06. The van der Waals surface area contributed by atoms with Crippen molar-refractivity contribution in [1.82, 2.24) is 0 Å². The Morgan fingerprint density at radius 2 is 2.06 bits per heavy atom. The summed E-state index contributed by atoms with van der Waals surface area (Å²) in [5.74, 6) is 0.512. The molecule has 2 heteroatoms. The van der Waals surface area contributed by atoms with Crippen LogP contribution in [0.4, 0.5) is 0 Å². The van der Waals surface area contributed by atoms with Gasteiger partial charge < -0.3 is 0 Å². The fourth-order valence-electron chi connectivity index (χ4n) is 1.62. The fourth-order valence-corrected chi connectivity index (χ4v) is 1.74. The molecule has 0 amide bonds. The van der Waals surface area contributed by atoms with E-state index < -0.39 is 0 Å². The van der Waals surface area contributed by atoms with Crippen molar-refractivity contribution in [2.75, 3.05) is 0 Å². The number of aryl methyl sites for hydroxylation is 2. The van der Waals surface area contributed by atoms with Crippen LogP contribution in [0.1, 0.15) is 37.8 Å². The molecule has 0 unspecified atom stereocenters. The molecular formula is C14H19ClO. The zero-order chi connectivity index (χ0) is 12.1. The highest BCUT2D eigenvalue weighted by atomic mass is 35.5. The molecular weight excluding hydrogens is 220 g/mol. The second kappa shape index (κ2) is 6.05. The van der Waals surface area contributed by atoms with Crippen molar-refractivity contribution >= 4 is 17.4 Å². The van der Waals surface area contributed by atoms with E-state index in [-0.39, 0.29) is 5.92 Å². The highest BCUT2D eigenvalue weighted by Crippen LogP contribution is 2.17. The van der Waals surface area contributed by atoms with E-state index in [9.17, 15) is 4.79 Å². The van der Waals surface area contributed by atoms with Crippen molar-refractivity contribution in [2.24, 2.45) is 5.92 Å². The smallest absolute Gasteiger partial charge is 0.135 e. The van der Waals surface area contributed by atoms with Gasteiger partial charge in [-0.15, -0.1) is 0 Å². The Kier molecular flexibility index (Phi) is 5.01. The van der Waals surface area contributed by atoms with Crippen molar-refractivity contribution in [3.63, 3.8) is 0 Å². The first-order valence-electron chi connectivity index (χ1n) is 5.78. The summed E-state index contributed by atoms with van der Waals surface area (Å²) in [5.41, 5.74) is 2.37. The predicted octanol–water partition coefficient (Wildman–Crippen LogP) is 4.20. The molecule has 0 aliphatic heterocycles. The van der Waals surface area contributed by atoms with Gasteiger partial charge in [0.1, 0.15) is 5.78 Å². The summed E-state index contributed by atoms with van der Waals surface area (Å²) < 4.78 is 0. The van der Waals surface area contributed by atoms with Crippen molar-refractivity contribution in [2.45, 2.75) is 40.0 Å². The first-order chi connectivity index (χ1) is 7.50. The SMILES string of the molecule is Cc1cc(CCCC(=O)C(C)C)ccc1Cl. The zero-order valence-corrected chi connectivity index (χ0v) is 11.0. The molecule has 0 N–H and O–H groups in total. The van der Waals surface area contributed by atoms with Crippen LogP contribution in [0.15, 0.2) is 18.2 Å². The molecule has 0 atom stereocenters. The molecule has 0 aliphatic carbocycles. The van der Waals surface area contributed by atoms with E-state index in [1.807, 2.05) is 32.9 Å². The number of hydrogen-bond donors (Lipinski definition) is 0. The van der Waals surface area contributed by atoms with Gasteiger partial charge in [-0.1, -0.05) is 37.6 Å². The summed E-state index contributed by atoms with van der Waals surface area (Å²) in [6.45, 7) is 5.91. The Hall–Kier alpha value is -0.820. The van der Waals surface area contributed by atoms with Gasteiger partial charge in [0.15, 0.2) is 0 Å². The Labute approximate surface area is 103 Å². The van der Waals surface area contributed by atoms with Crippen LogP contribution in [0.25, 0.3) is 0 Å². The minimum atomic E-state index is 0.159. The molecule has 0 aromatic heterocycles. The van der Waals surface area contributed by atoms with Gasteiger partial charge >= 0.3 is 0 Å². The van der Waals surface area contributed by atoms with Crippen molar-refractivity contribution < 1.29 is 4.79 Å². The Morgan fingerprint density at radius 1 is 1.38 bits per heavy atom. The summed E-state index contributed by atoms with van der Waals surface area (Å²) in [6, 6.07) is 6.06. The molecule has 0 spiro atoms. The van der Waals surface area contributed by atoms with Gasteiger partial charge in [-0.25, -0.2) is 0 Å². The highest BCUT2D eigenvalue weighted by molar-refractivity contribution is 6.31. The molecule has 16 heavy (non-hydrogen) atoms. The Morgan fingerprint density at radius 3 is 2.62 bits per heavy atom. The average Bonchev–Trinajstić information content (AvgIpc) is 2.23. The van der Waals surface area contributed by atoms with Gasteiger partial charge in [0.25, 0.3) is 0 Å². The van der Waals surface area contributed by atoms with Crippen LogP contribution in [-0.4, -0.2) is 5.78 Å². The number of halogens is 1. The molecule has 88 valence electrons. The summed E-state index contributed by atoms with van der Waals surface area (Å²) in [7, 11) is 0. The number of carbonyl (C=O) groups is 1. The van der Waals surface area contributed by atoms with Crippen molar-refractivity contribution in [3.05, 3.63) is 34.3 Å². The molecule has 0 radical (unpaired) electrons. The van der Waals surface area contributed by atoms with E-state index in [2.05, 4.69) is 6.07 Å². The molecule has 0 bridgehead atoms. The van der Waals surface area contributed by atoms with Gasteiger partial charge in [-0.3, -0.25) is 4.79 Å². The lowest BCUT2D eigenvalue weighted by molar-refractivity contribution is -0.121. The number of ketones is 1. The van der Waals surface area contributed by atoms with Gasteiger partial charge in [0.2, 0.25) is 0 Å². The van der Waals surface area contributed by atoms with Crippen LogP contribution >= 0.6 is 11.6 Å². The molecule has 1 aromatic rings. The summed E-state index contributed by atoms with van der Waals surface area (Å²) in [6.07, 6.45) is 2.56. The lowest BCUT2D eigenvalue weighted by Crippen LogP contribution is -2.06.